The molecule has 2 aromatic rings. The molecule has 18 heavy (non-hydrogen) atoms. The van der Waals surface area contributed by atoms with Gasteiger partial charge < -0.3 is 11.1 Å². The fraction of sp³-hybridized carbons (Fsp3) is 0.250. The highest BCUT2D eigenvalue weighted by Crippen LogP contribution is 2.25. The van der Waals surface area contributed by atoms with Crippen LogP contribution in [0, 0.1) is 6.92 Å². The molecule has 0 heterocycles. The van der Waals surface area contributed by atoms with Gasteiger partial charge in [-0.15, -0.1) is 0 Å². The van der Waals surface area contributed by atoms with E-state index in [0.717, 1.165) is 17.8 Å². The third-order valence-electron chi connectivity index (χ3n) is 3.19. The molecule has 0 amide bonds. The molecule has 1 atom stereocenters. The highest BCUT2D eigenvalue weighted by molar-refractivity contribution is 5.58. The van der Waals surface area contributed by atoms with Crippen molar-refractivity contribution in [3.8, 4) is 0 Å². The standard InChI is InChI=1S/C16H20N2/c1-3-15(13-7-5-4-6-8-13)18-16-10-9-14(17)11-12(16)2/h4-11,15,18H,3,17H2,1-2H3. The van der Waals surface area contributed by atoms with Gasteiger partial charge in [0.05, 0.1) is 6.04 Å². The summed E-state index contributed by atoms with van der Waals surface area (Å²) in [6.45, 7) is 4.27. The van der Waals surface area contributed by atoms with E-state index in [1.54, 1.807) is 0 Å². The van der Waals surface area contributed by atoms with Crippen LogP contribution in [0.15, 0.2) is 48.5 Å². The summed E-state index contributed by atoms with van der Waals surface area (Å²) in [5.41, 5.74) is 10.2. The first-order valence-electron chi connectivity index (χ1n) is 6.38. The van der Waals surface area contributed by atoms with Crippen molar-refractivity contribution in [3.05, 3.63) is 59.7 Å². The second kappa shape index (κ2) is 5.58. The van der Waals surface area contributed by atoms with Crippen LogP contribution in [0.25, 0.3) is 0 Å². The van der Waals surface area contributed by atoms with Crippen LogP contribution in [-0.2, 0) is 0 Å². The van der Waals surface area contributed by atoms with Crippen molar-refractivity contribution < 1.29 is 0 Å². The molecule has 0 fully saturated rings. The van der Waals surface area contributed by atoms with Crippen molar-refractivity contribution in [2.45, 2.75) is 26.3 Å². The zero-order chi connectivity index (χ0) is 13.0. The smallest absolute Gasteiger partial charge is 0.0511 e. The van der Waals surface area contributed by atoms with Gasteiger partial charge in [0.15, 0.2) is 0 Å². The van der Waals surface area contributed by atoms with Crippen LogP contribution in [0.4, 0.5) is 11.4 Å². The SMILES string of the molecule is CCC(Nc1ccc(N)cc1C)c1ccccc1. The van der Waals surface area contributed by atoms with Gasteiger partial charge in [0, 0.05) is 11.4 Å². The summed E-state index contributed by atoms with van der Waals surface area (Å²) in [5, 5.41) is 3.58. The van der Waals surface area contributed by atoms with E-state index in [2.05, 4.69) is 49.5 Å². The lowest BCUT2D eigenvalue weighted by Crippen LogP contribution is -2.10. The van der Waals surface area contributed by atoms with Gasteiger partial charge in [0.25, 0.3) is 0 Å². The minimum Gasteiger partial charge on any atom is -0.399 e. The number of aryl methyl sites for hydroxylation is 1. The molecule has 0 radical (unpaired) electrons. The van der Waals surface area contributed by atoms with E-state index in [9.17, 15) is 0 Å². The molecule has 0 aliphatic carbocycles. The van der Waals surface area contributed by atoms with Crippen LogP contribution in [0.3, 0.4) is 0 Å². The number of hydrogen-bond acceptors (Lipinski definition) is 2. The zero-order valence-electron chi connectivity index (χ0n) is 11.0. The highest BCUT2D eigenvalue weighted by atomic mass is 14.9. The summed E-state index contributed by atoms with van der Waals surface area (Å²) in [5.74, 6) is 0. The summed E-state index contributed by atoms with van der Waals surface area (Å²) in [6, 6.07) is 16.9. The predicted molar refractivity (Wildman–Crippen MR) is 78.7 cm³/mol. The summed E-state index contributed by atoms with van der Waals surface area (Å²) >= 11 is 0. The van der Waals surface area contributed by atoms with Crippen LogP contribution in [0.1, 0.15) is 30.5 Å². The average molecular weight is 240 g/mol. The summed E-state index contributed by atoms with van der Waals surface area (Å²) in [4.78, 5) is 0. The highest BCUT2D eigenvalue weighted by Gasteiger charge is 2.09. The first-order valence-corrected chi connectivity index (χ1v) is 6.38. The van der Waals surface area contributed by atoms with Gasteiger partial charge in [-0.3, -0.25) is 0 Å². The molecule has 94 valence electrons. The fourth-order valence-corrected chi connectivity index (χ4v) is 2.14. The maximum Gasteiger partial charge on any atom is 0.0511 e. The molecule has 0 spiro atoms. The van der Waals surface area contributed by atoms with Crippen LogP contribution < -0.4 is 11.1 Å². The molecular weight excluding hydrogens is 220 g/mol. The molecule has 2 heteroatoms. The summed E-state index contributed by atoms with van der Waals surface area (Å²) in [7, 11) is 0. The molecule has 2 aromatic carbocycles. The number of anilines is 2. The third kappa shape index (κ3) is 2.83. The van der Waals surface area contributed by atoms with Crippen molar-refractivity contribution >= 4 is 11.4 Å². The molecule has 0 saturated heterocycles. The Morgan fingerprint density at radius 1 is 1.11 bits per heavy atom. The second-order valence-electron chi connectivity index (χ2n) is 4.59. The molecule has 0 saturated carbocycles. The van der Waals surface area contributed by atoms with E-state index >= 15 is 0 Å². The minimum absolute atomic E-state index is 0.341. The Balaban J connectivity index is 2.21. The number of hydrogen-bond donors (Lipinski definition) is 2. The summed E-state index contributed by atoms with van der Waals surface area (Å²) in [6.07, 6.45) is 1.05. The van der Waals surface area contributed by atoms with Crippen molar-refractivity contribution in [2.75, 3.05) is 11.1 Å². The maximum absolute atomic E-state index is 5.77. The van der Waals surface area contributed by atoms with E-state index in [-0.39, 0.29) is 0 Å². The number of nitrogens with one attached hydrogen (secondary N) is 1. The Morgan fingerprint density at radius 2 is 1.83 bits per heavy atom. The lowest BCUT2D eigenvalue weighted by Gasteiger charge is -2.20. The van der Waals surface area contributed by atoms with Gasteiger partial charge in [-0.05, 0) is 42.7 Å². The Kier molecular flexibility index (Phi) is 3.88. The number of benzene rings is 2. The Bertz CT molecular complexity index is 506. The topological polar surface area (TPSA) is 38.0 Å². The van der Waals surface area contributed by atoms with Crippen molar-refractivity contribution in [2.24, 2.45) is 0 Å². The lowest BCUT2D eigenvalue weighted by atomic mass is 10.0. The first kappa shape index (κ1) is 12.5. The molecule has 0 aromatic heterocycles. The average Bonchev–Trinajstić information content (AvgIpc) is 2.39. The fourth-order valence-electron chi connectivity index (χ4n) is 2.14. The largest absolute Gasteiger partial charge is 0.399 e. The number of rotatable bonds is 4. The third-order valence-corrected chi connectivity index (χ3v) is 3.19. The van der Waals surface area contributed by atoms with Crippen molar-refractivity contribution in [1.82, 2.24) is 0 Å². The molecule has 3 N–H and O–H groups in total. The second-order valence-corrected chi connectivity index (χ2v) is 4.59. The van der Waals surface area contributed by atoms with Gasteiger partial charge in [0.1, 0.15) is 0 Å². The quantitative estimate of drug-likeness (QED) is 0.788. The zero-order valence-corrected chi connectivity index (χ0v) is 11.0. The van der Waals surface area contributed by atoms with E-state index in [1.165, 1.54) is 11.1 Å². The first-order chi connectivity index (χ1) is 8.70. The van der Waals surface area contributed by atoms with Crippen molar-refractivity contribution in [3.63, 3.8) is 0 Å². The predicted octanol–water partition coefficient (Wildman–Crippen LogP) is 4.14. The minimum atomic E-state index is 0.341. The Morgan fingerprint density at radius 3 is 2.44 bits per heavy atom. The van der Waals surface area contributed by atoms with Gasteiger partial charge in [-0.1, -0.05) is 37.3 Å². The van der Waals surface area contributed by atoms with E-state index < -0.39 is 0 Å². The molecule has 2 nitrogen and oxygen atoms in total. The molecular formula is C16H20N2. The molecule has 0 aliphatic heterocycles. The van der Waals surface area contributed by atoms with Gasteiger partial charge in [-0.25, -0.2) is 0 Å². The summed E-state index contributed by atoms with van der Waals surface area (Å²) < 4.78 is 0. The van der Waals surface area contributed by atoms with Gasteiger partial charge >= 0.3 is 0 Å². The van der Waals surface area contributed by atoms with Gasteiger partial charge in [-0.2, -0.15) is 0 Å². The van der Waals surface area contributed by atoms with Gasteiger partial charge in [0.2, 0.25) is 0 Å². The Labute approximate surface area is 109 Å². The van der Waals surface area contributed by atoms with E-state index in [0.29, 0.717) is 6.04 Å². The molecule has 0 bridgehead atoms. The number of nitrogen functional groups attached to an aromatic ring is 1. The molecule has 2 rings (SSSR count). The molecule has 1 unspecified atom stereocenters. The molecule has 0 aliphatic rings. The van der Waals surface area contributed by atoms with Crippen LogP contribution in [0.5, 0.6) is 0 Å². The maximum atomic E-state index is 5.77. The lowest BCUT2D eigenvalue weighted by molar-refractivity contribution is 0.748. The van der Waals surface area contributed by atoms with E-state index in [4.69, 9.17) is 5.73 Å². The van der Waals surface area contributed by atoms with Crippen LogP contribution in [0.2, 0.25) is 0 Å². The monoisotopic (exact) mass is 240 g/mol. The Hall–Kier alpha value is -1.96. The normalized spacial score (nSPS) is 12.1. The van der Waals surface area contributed by atoms with Crippen molar-refractivity contribution in [1.29, 1.82) is 0 Å². The van der Waals surface area contributed by atoms with Crippen LogP contribution in [-0.4, -0.2) is 0 Å². The van der Waals surface area contributed by atoms with E-state index in [1.807, 2.05) is 18.2 Å². The van der Waals surface area contributed by atoms with Crippen LogP contribution >= 0.6 is 0 Å². The number of nitrogens with two attached hydrogens (primary N) is 1.